The first-order valence-corrected chi connectivity index (χ1v) is 8.32. The molecule has 2 aromatic rings. The number of nitrogens with two attached hydrogens (primary N) is 1. The molecule has 0 aliphatic heterocycles. The lowest BCUT2D eigenvalue weighted by Crippen LogP contribution is -2.27. The standard InChI is InChI=1S/C13H8BrNO3.C5H11NO2/c14-10-6-7-11(12(8-10)15(17)18)13(16)9-4-2-1-3-5-9;1-5(2,3)8-4(6)7/h1-8H;1-3H3,(H2,6,7). The number of ether oxygens (including phenoxy) is 1. The van der Waals surface area contributed by atoms with Gasteiger partial charge < -0.3 is 10.5 Å². The average molecular weight is 423 g/mol. The Labute approximate surface area is 159 Å². The maximum absolute atomic E-state index is 12.2. The van der Waals surface area contributed by atoms with Gasteiger partial charge in [0.15, 0.2) is 5.78 Å². The average Bonchev–Trinajstić information content (AvgIpc) is 2.53. The summed E-state index contributed by atoms with van der Waals surface area (Å²) in [6, 6.07) is 12.9. The number of carbonyl (C=O) groups is 2. The van der Waals surface area contributed by atoms with Crippen molar-refractivity contribution in [2.45, 2.75) is 26.4 Å². The molecular formula is C18H19BrN2O5. The molecule has 0 saturated carbocycles. The van der Waals surface area contributed by atoms with Crippen LogP contribution in [0.4, 0.5) is 10.5 Å². The van der Waals surface area contributed by atoms with Crippen molar-refractivity contribution in [1.29, 1.82) is 0 Å². The highest BCUT2D eigenvalue weighted by Crippen LogP contribution is 2.25. The van der Waals surface area contributed by atoms with Gasteiger partial charge >= 0.3 is 6.09 Å². The molecule has 0 atom stereocenters. The van der Waals surface area contributed by atoms with E-state index in [1.54, 1.807) is 57.2 Å². The van der Waals surface area contributed by atoms with Crippen molar-refractivity contribution >= 4 is 33.5 Å². The molecule has 0 radical (unpaired) electrons. The summed E-state index contributed by atoms with van der Waals surface area (Å²) in [5.41, 5.74) is 4.59. The van der Waals surface area contributed by atoms with E-state index in [1.807, 2.05) is 0 Å². The molecule has 0 unspecified atom stereocenters. The van der Waals surface area contributed by atoms with Crippen LogP contribution >= 0.6 is 15.9 Å². The van der Waals surface area contributed by atoms with Crippen molar-refractivity contribution in [2.24, 2.45) is 5.73 Å². The number of hydrogen-bond acceptors (Lipinski definition) is 5. The molecule has 0 aliphatic carbocycles. The number of carbonyl (C=O) groups excluding carboxylic acids is 2. The quantitative estimate of drug-likeness (QED) is 0.445. The fraction of sp³-hybridized carbons (Fsp3) is 0.222. The molecule has 1 amide bonds. The van der Waals surface area contributed by atoms with Crippen molar-refractivity contribution in [1.82, 2.24) is 0 Å². The summed E-state index contributed by atoms with van der Waals surface area (Å²) < 4.78 is 5.14. The number of hydrogen-bond donors (Lipinski definition) is 1. The summed E-state index contributed by atoms with van der Waals surface area (Å²) >= 11 is 3.15. The van der Waals surface area contributed by atoms with E-state index in [9.17, 15) is 19.7 Å². The maximum atomic E-state index is 12.2. The second-order valence-electron chi connectivity index (χ2n) is 6.15. The number of benzene rings is 2. The Morgan fingerprint density at radius 2 is 1.69 bits per heavy atom. The minimum atomic E-state index is -0.725. The Balaban J connectivity index is 0.000000359. The van der Waals surface area contributed by atoms with Gasteiger partial charge in [0, 0.05) is 16.1 Å². The number of primary amides is 1. The van der Waals surface area contributed by atoms with Crippen molar-refractivity contribution in [3.8, 4) is 0 Å². The van der Waals surface area contributed by atoms with Crippen LogP contribution in [0.3, 0.4) is 0 Å². The van der Waals surface area contributed by atoms with E-state index >= 15 is 0 Å². The lowest BCUT2D eigenvalue weighted by molar-refractivity contribution is -0.385. The molecule has 0 spiro atoms. The summed E-state index contributed by atoms with van der Waals surface area (Å²) in [5, 5.41) is 10.9. The van der Waals surface area contributed by atoms with Crippen molar-refractivity contribution < 1.29 is 19.2 Å². The van der Waals surface area contributed by atoms with E-state index in [-0.39, 0.29) is 17.0 Å². The van der Waals surface area contributed by atoms with Gasteiger partial charge in [-0.2, -0.15) is 0 Å². The van der Waals surface area contributed by atoms with Gasteiger partial charge in [0.05, 0.1) is 4.92 Å². The van der Waals surface area contributed by atoms with Crippen molar-refractivity contribution in [3.05, 3.63) is 74.2 Å². The third-order valence-electron chi connectivity index (χ3n) is 2.84. The number of halogens is 1. The first-order valence-electron chi connectivity index (χ1n) is 7.53. The van der Waals surface area contributed by atoms with Crippen LogP contribution in [0.1, 0.15) is 36.7 Å². The van der Waals surface area contributed by atoms with Crippen LogP contribution in [0.5, 0.6) is 0 Å². The Morgan fingerprint density at radius 3 is 2.12 bits per heavy atom. The van der Waals surface area contributed by atoms with Gasteiger partial charge in [-0.25, -0.2) is 4.79 Å². The Morgan fingerprint density at radius 1 is 1.12 bits per heavy atom. The van der Waals surface area contributed by atoms with E-state index in [1.165, 1.54) is 12.1 Å². The smallest absolute Gasteiger partial charge is 0.405 e. The highest BCUT2D eigenvalue weighted by molar-refractivity contribution is 9.10. The minimum absolute atomic E-state index is 0.0920. The fourth-order valence-electron chi connectivity index (χ4n) is 1.89. The summed E-state index contributed by atoms with van der Waals surface area (Å²) in [5.74, 6) is -0.352. The number of rotatable bonds is 3. The van der Waals surface area contributed by atoms with E-state index in [4.69, 9.17) is 5.73 Å². The molecule has 0 heterocycles. The minimum Gasteiger partial charge on any atom is -0.444 e. The molecule has 138 valence electrons. The van der Waals surface area contributed by atoms with Gasteiger partial charge in [0.25, 0.3) is 5.69 Å². The van der Waals surface area contributed by atoms with Gasteiger partial charge in [-0.05, 0) is 32.9 Å². The van der Waals surface area contributed by atoms with Gasteiger partial charge in [0.2, 0.25) is 0 Å². The lowest BCUT2D eigenvalue weighted by Gasteiger charge is -2.16. The zero-order chi connectivity index (χ0) is 19.9. The summed E-state index contributed by atoms with van der Waals surface area (Å²) in [6.45, 7) is 5.28. The third kappa shape index (κ3) is 7.02. The number of nitro groups is 1. The molecule has 0 saturated heterocycles. The molecular weight excluding hydrogens is 404 g/mol. The van der Waals surface area contributed by atoms with Gasteiger partial charge in [-0.1, -0.05) is 46.3 Å². The molecule has 8 heteroatoms. The number of amides is 1. The lowest BCUT2D eigenvalue weighted by atomic mass is 10.0. The highest BCUT2D eigenvalue weighted by Gasteiger charge is 2.21. The van der Waals surface area contributed by atoms with Crippen LogP contribution in [-0.4, -0.2) is 22.4 Å². The molecule has 7 nitrogen and oxygen atoms in total. The van der Waals surface area contributed by atoms with E-state index in [0.717, 1.165) is 0 Å². The first-order chi connectivity index (χ1) is 12.0. The van der Waals surface area contributed by atoms with Crippen molar-refractivity contribution in [2.75, 3.05) is 0 Å². The topological polar surface area (TPSA) is 113 Å². The van der Waals surface area contributed by atoms with Crippen LogP contribution in [0, 0.1) is 10.1 Å². The normalized spacial score (nSPS) is 10.3. The Kier molecular flexibility index (Phi) is 7.45. The predicted octanol–water partition coefficient (Wildman–Crippen LogP) is 4.47. The molecule has 0 fully saturated rings. The predicted molar refractivity (Wildman–Crippen MR) is 101 cm³/mol. The molecule has 26 heavy (non-hydrogen) atoms. The Bertz CT molecular complexity index is 801. The highest BCUT2D eigenvalue weighted by atomic mass is 79.9. The van der Waals surface area contributed by atoms with E-state index < -0.39 is 16.6 Å². The van der Waals surface area contributed by atoms with Gasteiger partial charge in [-0.15, -0.1) is 0 Å². The van der Waals surface area contributed by atoms with Crippen LogP contribution in [0.15, 0.2) is 53.0 Å². The monoisotopic (exact) mass is 422 g/mol. The zero-order valence-corrected chi connectivity index (χ0v) is 16.1. The number of nitrogens with zero attached hydrogens (tertiary/aromatic N) is 1. The van der Waals surface area contributed by atoms with Crippen LogP contribution in [0.2, 0.25) is 0 Å². The number of nitro benzene ring substituents is 1. The van der Waals surface area contributed by atoms with Crippen LogP contribution < -0.4 is 5.73 Å². The summed E-state index contributed by atoms with van der Waals surface area (Å²) in [4.78, 5) is 32.6. The van der Waals surface area contributed by atoms with E-state index in [0.29, 0.717) is 10.0 Å². The van der Waals surface area contributed by atoms with E-state index in [2.05, 4.69) is 20.7 Å². The van der Waals surface area contributed by atoms with Gasteiger partial charge in [-0.3, -0.25) is 14.9 Å². The molecule has 0 aliphatic rings. The summed E-state index contributed by atoms with van der Waals surface area (Å²) in [6.07, 6.45) is -0.725. The van der Waals surface area contributed by atoms with Crippen molar-refractivity contribution in [3.63, 3.8) is 0 Å². The second kappa shape index (κ2) is 9.10. The fourth-order valence-corrected chi connectivity index (χ4v) is 2.24. The van der Waals surface area contributed by atoms with Crippen LogP contribution in [0.25, 0.3) is 0 Å². The zero-order valence-electron chi connectivity index (χ0n) is 14.6. The number of ketones is 1. The van der Waals surface area contributed by atoms with Gasteiger partial charge in [0.1, 0.15) is 11.2 Å². The maximum Gasteiger partial charge on any atom is 0.405 e. The molecule has 2 aromatic carbocycles. The van der Waals surface area contributed by atoms with Crippen LogP contribution in [-0.2, 0) is 4.74 Å². The Hall–Kier alpha value is -2.74. The second-order valence-corrected chi connectivity index (χ2v) is 7.06. The molecule has 0 aromatic heterocycles. The third-order valence-corrected chi connectivity index (χ3v) is 3.34. The largest absolute Gasteiger partial charge is 0.444 e. The molecule has 0 bridgehead atoms. The first kappa shape index (κ1) is 21.3. The SMILES string of the molecule is CC(C)(C)OC(N)=O.O=C(c1ccccc1)c1ccc(Br)cc1[N+](=O)[O-]. The molecule has 2 N–H and O–H groups in total. The molecule has 2 rings (SSSR count). The summed E-state index contributed by atoms with van der Waals surface area (Å²) in [7, 11) is 0.